The highest BCUT2D eigenvalue weighted by Gasteiger charge is 2.18. The lowest BCUT2D eigenvalue weighted by Gasteiger charge is -2.29. The molecule has 2 N–H and O–H groups in total. The van der Waals surface area contributed by atoms with E-state index >= 15 is 0 Å². The molecule has 0 aromatic rings. The number of nitrogens with one attached hydrogen (secondary N) is 2. The maximum absolute atomic E-state index is 11.6. The first-order chi connectivity index (χ1) is 9.65. The number of imide groups is 1. The molecule has 20 heavy (non-hydrogen) atoms. The molecule has 1 fully saturated rings. The van der Waals surface area contributed by atoms with Crippen molar-refractivity contribution in [3.05, 3.63) is 0 Å². The summed E-state index contributed by atoms with van der Waals surface area (Å²) in [6, 6.07) is -0.451. The number of rotatable bonds is 7. The Bertz CT molecular complexity index is 304. The van der Waals surface area contributed by atoms with E-state index in [-0.39, 0.29) is 12.0 Å². The molecule has 0 aromatic heterocycles. The molecule has 0 aliphatic carbocycles. The molecular formula is C14H27N3O3. The molecule has 0 radical (unpaired) electrons. The summed E-state index contributed by atoms with van der Waals surface area (Å²) in [4.78, 5) is 24.9. The van der Waals surface area contributed by atoms with E-state index in [0.29, 0.717) is 13.0 Å². The maximum atomic E-state index is 11.6. The van der Waals surface area contributed by atoms with Crippen molar-refractivity contribution in [3.63, 3.8) is 0 Å². The first-order valence-corrected chi connectivity index (χ1v) is 7.51. The molecule has 0 saturated carbocycles. The molecule has 0 unspecified atom stereocenters. The lowest BCUT2D eigenvalue weighted by Crippen LogP contribution is -2.41. The molecule has 6 heteroatoms. The van der Waals surface area contributed by atoms with Crippen molar-refractivity contribution in [2.75, 3.05) is 33.3 Å². The molecule has 1 heterocycles. The van der Waals surface area contributed by atoms with Crippen LogP contribution in [0.4, 0.5) is 4.79 Å². The number of hydrogen-bond acceptors (Lipinski definition) is 4. The van der Waals surface area contributed by atoms with Crippen molar-refractivity contribution in [2.24, 2.45) is 0 Å². The van der Waals surface area contributed by atoms with E-state index in [1.54, 1.807) is 0 Å². The van der Waals surface area contributed by atoms with Gasteiger partial charge in [-0.05, 0) is 32.2 Å². The average Bonchev–Trinajstić information content (AvgIpc) is 2.46. The van der Waals surface area contributed by atoms with Gasteiger partial charge in [0.1, 0.15) is 0 Å². The Balaban J connectivity index is 2.30. The summed E-state index contributed by atoms with van der Waals surface area (Å²) in [5.41, 5.74) is 0. The molecule has 6 nitrogen and oxygen atoms in total. The molecule has 0 bridgehead atoms. The smallest absolute Gasteiger partial charge is 0.321 e. The fourth-order valence-electron chi connectivity index (χ4n) is 2.36. The van der Waals surface area contributed by atoms with Crippen molar-refractivity contribution in [3.8, 4) is 0 Å². The highest BCUT2D eigenvalue weighted by Crippen LogP contribution is 2.14. The van der Waals surface area contributed by atoms with Crippen molar-refractivity contribution < 1.29 is 14.3 Å². The predicted octanol–water partition coefficient (Wildman–Crippen LogP) is 1.11. The van der Waals surface area contributed by atoms with Crippen molar-refractivity contribution in [1.29, 1.82) is 0 Å². The second kappa shape index (κ2) is 9.72. The molecule has 0 aromatic carbocycles. The molecule has 0 spiro atoms. The van der Waals surface area contributed by atoms with Crippen LogP contribution in [0.15, 0.2) is 0 Å². The number of nitrogens with zero attached hydrogens (tertiary/aromatic N) is 1. The van der Waals surface area contributed by atoms with Gasteiger partial charge in [-0.1, -0.05) is 6.92 Å². The third kappa shape index (κ3) is 6.86. The van der Waals surface area contributed by atoms with Crippen LogP contribution >= 0.6 is 0 Å². The minimum atomic E-state index is -0.451. The fourth-order valence-corrected chi connectivity index (χ4v) is 2.36. The number of ether oxygens (including phenoxy) is 1. The van der Waals surface area contributed by atoms with Crippen LogP contribution in [0.25, 0.3) is 0 Å². The van der Waals surface area contributed by atoms with Gasteiger partial charge in [-0.2, -0.15) is 0 Å². The summed E-state index contributed by atoms with van der Waals surface area (Å²) >= 11 is 0. The first kappa shape index (κ1) is 16.9. The average molecular weight is 285 g/mol. The van der Waals surface area contributed by atoms with Crippen LogP contribution in [0.2, 0.25) is 0 Å². The Morgan fingerprint density at radius 2 is 2.10 bits per heavy atom. The van der Waals surface area contributed by atoms with E-state index in [9.17, 15) is 9.59 Å². The largest absolute Gasteiger partial charge is 0.377 e. The maximum Gasteiger partial charge on any atom is 0.321 e. The second-order valence-electron chi connectivity index (χ2n) is 5.17. The van der Waals surface area contributed by atoms with E-state index < -0.39 is 6.03 Å². The summed E-state index contributed by atoms with van der Waals surface area (Å²) in [5.74, 6) is -0.241. The van der Waals surface area contributed by atoms with Gasteiger partial charge in [0, 0.05) is 33.2 Å². The summed E-state index contributed by atoms with van der Waals surface area (Å²) in [6.45, 7) is 5.46. The third-order valence-corrected chi connectivity index (χ3v) is 3.41. The normalized spacial score (nSPS) is 18.9. The summed E-state index contributed by atoms with van der Waals surface area (Å²) in [6.07, 6.45) is 5.15. The Morgan fingerprint density at radius 3 is 2.70 bits per heavy atom. The van der Waals surface area contributed by atoms with Crippen molar-refractivity contribution >= 4 is 11.9 Å². The minimum Gasteiger partial charge on any atom is -0.377 e. The van der Waals surface area contributed by atoms with Gasteiger partial charge in [0.25, 0.3) is 0 Å². The molecule has 1 atom stereocenters. The molecule has 1 aliphatic heterocycles. The fraction of sp³-hybridized carbons (Fsp3) is 0.857. The zero-order chi connectivity index (χ0) is 14.8. The van der Waals surface area contributed by atoms with Crippen LogP contribution in [0.3, 0.4) is 0 Å². The Kier molecular flexibility index (Phi) is 8.22. The molecule has 116 valence electrons. The second-order valence-corrected chi connectivity index (χ2v) is 5.17. The first-order valence-electron chi connectivity index (χ1n) is 7.51. The van der Waals surface area contributed by atoms with Gasteiger partial charge in [-0.15, -0.1) is 0 Å². The van der Waals surface area contributed by atoms with E-state index in [2.05, 4.69) is 22.5 Å². The van der Waals surface area contributed by atoms with Gasteiger partial charge >= 0.3 is 6.03 Å². The Labute approximate surface area is 121 Å². The van der Waals surface area contributed by atoms with Crippen LogP contribution < -0.4 is 10.6 Å². The SMILES string of the molecule is CCCN(CCC(=O)NC(=O)NC)C[C@@H]1CCCCO1. The van der Waals surface area contributed by atoms with Crippen LogP contribution in [0.1, 0.15) is 39.0 Å². The van der Waals surface area contributed by atoms with Gasteiger partial charge in [0.05, 0.1) is 6.10 Å². The molecule has 1 aliphatic rings. The topological polar surface area (TPSA) is 70.7 Å². The molecular weight excluding hydrogens is 258 g/mol. The number of hydrogen-bond donors (Lipinski definition) is 2. The van der Waals surface area contributed by atoms with Crippen LogP contribution in [0, 0.1) is 0 Å². The number of carbonyl (C=O) groups excluding carboxylic acids is 2. The van der Waals surface area contributed by atoms with Gasteiger partial charge in [-0.3, -0.25) is 10.1 Å². The highest BCUT2D eigenvalue weighted by atomic mass is 16.5. The number of amides is 3. The predicted molar refractivity (Wildman–Crippen MR) is 77.5 cm³/mol. The minimum absolute atomic E-state index is 0.241. The molecule has 1 rings (SSSR count). The molecule has 3 amide bonds. The van der Waals surface area contributed by atoms with E-state index in [0.717, 1.165) is 39.0 Å². The summed E-state index contributed by atoms with van der Waals surface area (Å²) in [7, 11) is 1.49. The van der Waals surface area contributed by atoms with Gasteiger partial charge in [0.15, 0.2) is 0 Å². The zero-order valence-electron chi connectivity index (χ0n) is 12.6. The van der Waals surface area contributed by atoms with Crippen LogP contribution in [-0.2, 0) is 9.53 Å². The van der Waals surface area contributed by atoms with Gasteiger partial charge < -0.3 is 15.0 Å². The van der Waals surface area contributed by atoms with E-state index in [1.165, 1.54) is 13.5 Å². The van der Waals surface area contributed by atoms with E-state index in [4.69, 9.17) is 4.74 Å². The van der Waals surface area contributed by atoms with Crippen LogP contribution in [0.5, 0.6) is 0 Å². The molecule has 1 saturated heterocycles. The highest BCUT2D eigenvalue weighted by molar-refractivity contribution is 5.94. The van der Waals surface area contributed by atoms with Gasteiger partial charge in [-0.25, -0.2) is 4.79 Å². The van der Waals surface area contributed by atoms with Gasteiger partial charge in [0.2, 0.25) is 5.91 Å². The monoisotopic (exact) mass is 285 g/mol. The number of carbonyl (C=O) groups is 2. The lowest BCUT2D eigenvalue weighted by atomic mass is 10.1. The van der Waals surface area contributed by atoms with Crippen LogP contribution in [-0.4, -0.2) is 56.2 Å². The van der Waals surface area contributed by atoms with E-state index in [1.807, 2.05) is 0 Å². The number of urea groups is 1. The Morgan fingerprint density at radius 1 is 1.30 bits per heavy atom. The Hall–Kier alpha value is -1.14. The quantitative estimate of drug-likeness (QED) is 0.735. The summed E-state index contributed by atoms with van der Waals surface area (Å²) < 4.78 is 5.74. The standard InChI is InChI=1S/C14H27N3O3/c1-3-8-17(11-12-6-4-5-10-20-12)9-7-13(18)16-14(19)15-2/h12H,3-11H2,1-2H3,(H2,15,16,18,19)/t12-/m0/s1. The summed E-state index contributed by atoms with van der Waals surface area (Å²) in [5, 5.41) is 4.65. The van der Waals surface area contributed by atoms with Crippen molar-refractivity contribution in [2.45, 2.75) is 45.1 Å². The van der Waals surface area contributed by atoms with Crippen molar-refractivity contribution in [1.82, 2.24) is 15.5 Å². The lowest BCUT2D eigenvalue weighted by molar-refractivity contribution is -0.120. The zero-order valence-corrected chi connectivity index (χ0v) is 12.6. The third-order valence-electron chi connectivity index (χ3n) is 3.41.